The second kappa shape index (κ2) is 6.82. The summed E-state index contributed by atoms with van der Waals surface area (Å²) in [6.45, 7) is 4.00. The van der Waals surface area contributed by atoms with Crippen LogP contribution in [0, 0.1) is 23.6 Å². The predicted molar refractivity (Wildman–Crippen MR) is 102 cm³/mol. The van der Waals surface area contributed by atoms with Gasteiger partial charge in [0.2, 0.25) is 5.91 Å². The molecule has 2 aliphatic rings. The van der Waals surface area contributed by atoms with E-state index < -0.39 is 0 Å². The van der Waals surface area contributed by atoms with Crippen LogP contribution >= 0.6 is 0 Å². The van der Waals surface area contributed by atoms with E-state index in [1.54, 1.807) is 12.1 Å². The quantitative estimate of drug-likeness (QED) is 0.865. The summed E-state index contributed by atoms with van der Waals surface area (Å²) < 4.78 is 13.7. The second-order valence-electron chi connectivity index (χ2n) is 8.10. The van der Waals surface area contributed by atoms with Gasteiger partial charge >= 0.3 is 0 Å². The maximum Gasteiger partial charge on any atom is 0.220 e. The lowest BCUT2D eigenvalue weighted by Crippen LogP contribution is -2.31. The first-order chi connectivity index (χ1) is 12.5. The molecule has 1 heterocycles. The van der Waals surface area contributed by atoms with Crippen LogP contribution in [0.4, 0.5) is 4.39 Å². The number of fused-ring (bicyclic) bond motifs is 2. The van der Waals surface area contributed by atoms with Crippen molar-refractivity contribution in [3.63, 3.8) is 0 Å². The molecule has 1 N–H and O–H groups in total. The Labute approximate surface area is 153 Å². The molecule has 26 heavy (non-hydrogen) atoms. The number of carbonyl (C=O) groups excluding carboxylic acids is 1. The van der Waals surface area contributed by atoms with E-state index in [0.29, 0.717) is 24.2 Å². The molecule has 3 nitrogen and oxygen atoms in total. The molecule has 136 valence electrons. The van der Waals surface area contributed by atoms with Crippen LogP contribution in [-0.4, -0.2) is 16.9 Å². The topological polar surface area (TPSA) is 42.0 Å². The lowest BCUT2D eigenvalue weighted by atomic mass is 9.94. The lowest BCUT2D eigenvalue weighted by Gasteiger charge is -2.14. The van der Waals surface area contributed by atoms with Crippen molar-refractivity contribution in [3.8, 4) is 0 Å². The van der Waals surface area contributed by atoms with Crippen molar-refractivity contribution in [1.82, 2.24) is 10.3 Å². The number of halogens is 1. The number of nitrogens with one attached hydrogen (secondary N) is 1. The number of hydrogen-bond acceptors (Lipinski definition) is 2. The number of nitrogens with zero attached hydrogens (tertiary/aromatic N) is 1. The number of rotatable bonds is 4. The van der Waals surface area contributed by atoms with Crippen molar-refractivity contribution >= 4 is 22.4 Å². The van der Waals surface area contributed by atoms with Crippen molar-refractivity contribution in [1.29, 1.82) is 0 Å². The van der Waals surface area contributed by atoms with Gasteiger partial charge in [-0.1, -0.05) is 6.08 Å². The average Bonchev–Trinajstić information content (AvgIpc) is 3.11. The minimum atomic E-state index is -0.221. The van der Waals surface area contributed by atoms with Gasteiger partial charge in [-0.3, -0.25) is 9.78 Å². The summed E-state index contributed by atoms with van der Waals surface area (Å²) in [5.41, 5.74) is 3.26. The van der Waals surface area contributed by atoms with E-state index in [9.17, 15) is 9.18 Å². The minimum absolute atomic E-state index is 0.171. The van der Waals surface area contributed by atoms with Gasteiger partial charge in [0.1, 0.15) is 5.82 Å². The average molecular weight is 352 g/mol. The molecular weight excluding hydrogens is 327 g/mol. The van der Waals surface area contributed by atoms with Gasteiger partial charge in [-0.05, 0) is 86.3 Å². The smallest absolute Gasteiger partial charge is 0.220 e. The van der Waals surface area contributed by atoms with Gasteiger partial charge < -0.3 is 5.32 Å². The molecule has 3 atom stereocenters. The Balaban J connectivity index is 1.50. The number of allylic oxidation sites excluding steroid dienone is 2. The van der Waals surface area contributed by atoms with E-state index in [-0.39, 0.29) is 17.8 Å². The van der Waals surface area contributed by atoms with Crippen molar-refractivity contribution in [2.24, 2.45) is 17.8 Å². The molecule has 1 fully saturated rings. The first kappa shape index (κ1) is 17.2. The largest absolute Gasteiger partial charge is 0.354 e. The third-order valence-electron chi connectivity index (χ3n) is 5.72. The van der Waals surface area contributed by atoms with Crippen LogP contribution in [0.1, 0.15) is 45.1 Å². The normalized spacial score (nSPS) is 24.8. The van der Waals surface area contributed by atoms with Crippen LogP contribution in [0.15, 0.2) is 36.5 Å². The third kappa shape index (κ3) is 3.37. The predicted octanol–water partition coefficient (Wildman–Crippen LogP) is 4.72. The summed E-state index contributed by atoms with van der Waals surface area (Å²) in [4.78, 5) is 16.4. The Kier molecular flexibility index (Phi) is 4.51. The van der Waals surface area contributed by atoms with Crippen molar-refractivity contribution < 1.29 is 9.18 Å². The van der Waals surface area contributed by atoms with E-state index in [2.05, 4.69) is 16.4 Å². The molecular formula is C22H25FN2O. The van der Waals surface area contributed by atoms with Crippen molar-refractivity contribution in [2.75, 3.05) is 0 Å². The van der Waals surface area contributed by atoms with Gasteiger partial charge in [-0.15, -0.1) is 0 Å². The Morgan fingerprint density at radius 3 is 2.92 bits per heavy atom. The SMILES string of the molecule is CC(C)NC(=O)CC1CC2C=C(c3ccnc4ccc(F)cc34)CC2C1. The summed E-state index contributed by atoms with van der Waals surface area (Å²) in [6.07, 6.45) is 8.01. The maximum atomic E-state index is 13.7. The van der Waals surface area contributed by atoms with Crippen LogP contribution in [0.25, 0.3) is 16.5 Å². The fraction of sp³-hybridized carbons (Fsp3) is 0.455. The van der Waals surface area contributed by atoms with Crippen molar-refractivity contribution in [2.45, 2.75) is 45.6 Å². The first-order valence-electron chi connectivity index (χ1n) is 9.54. The molecule has 0 saturated heterocycles. The van der Waals surface area contributed by atoms with Gasteiger partial charge in [0.15, 0.2) is 0 Å². The zero-order chi connectivity index (χ0) is 18.3. The zero-order valence-corrected chi connectivity index (χ0v) is 15.3. The van der Waals surface area contributed by atoms with Gasteiger partial charge in [0, 0.05) is 24.0 Å². The zero-order valence-electron chi connectivity index (χ0n) is 15.3. The van der Waals surface area contributed by atoms with Gasteiger partial charge in [0.25, 0.3) is 0 Å². The molecule has 1 aromatic carbocycles. The van der Waals surface area contributed by atoms with Crippen LogP contribution < -0.4 is 5.32 Å². The Hall–Kier alpha value is -2.23. The van der Waals surface area contributed by atoms with Gasteiger partial charge in [-0.25, -0.2) is 4.39 Å². The van der Waals surface area contributed by atoms with E-state index in [0.717, 1.165) is 35.7 Å². The highest BCUT2D eigenvalue weighted by molar-refractivity contribution is 5.92. The molecule has 0 bridgehead atoms. The summed E-state index contributed by atoms with van der Waals surface area (Å²) in [6, 6.07) is 7.00. The van der Waals surface area contributed by atoms with E-state index in [1.807, 2.05) is 26.1 Å². The van der Waals surface area contributed by atoms with E-state index in [1.165, 1.54) is 11.6 Å². The number of pyridine rings is 1. The highest BCUT2D eigenvalue weighted by Crippen LogP contribution is 2.49. The summed E-state index contributed by atoms with van der Waals surface area (Å²) in [5.74, 6) is 1.58. The molecule has 0 radical (unpaired) electrons. The van der Waals surface area contributed by atoms with Crippen LogP contribution in [0.5, 0.6) is 0 Å². The highest BCUT2D eigenvalue weighted by atomic mass is 19.1. The molecule has 1 aromatic heterocycles. The molecule has 4 heteroatoms. The molecule has 3 unspecified atom stereocenters. The standard InChI is InChI=1S/C22H25FN2O/c1-13(2)25-22(26)9-14-7-15-10-17(11-16(15)8-14)19-5-6-24-21-4-3-18(23)12-20(19)21/h3-6,10,12-16H,7-9,11H2,1-2H3,(H,25,26). The van der Waals surface area contributed by atoms with E-state index in [4.69, 9.17) is 0 Å². The molecule has 2 aliphatic carbocycles. The molecule has 4 rings (SSSR count). The molecule has 2 aromatic rings. The monoisotopic (exact) mass is 352 g/mol. The van der Waals surface area contributed by atoms with Crippen molar-refractivity contribution in [3.05, 3.63) is 47.9 Å². The number of hydrogen-bond donors (Lipinski definition) is 1. The number of amides is 1. The van der Waals surface area contributed by atoms with Gasteiger partial charge in [0.05, 0.1) is 5.52 Å². The molecule has 1 saturated carbocycles. The molecule has 0 spiro atoms. The van der Waals surface area contributed by atoms with Gasteiger partial charge in [-0.2, -0.15) is 0 Å². The Morgan fingerprint density at radius 1 is 1.31 bits per heavy atom. The molecule has 0 aliphatic heterocycles. The van der Waals surface area contributed by atoms with Crippen LogP contribution in [-0.2, 0) is 4.79 Å². The first-order valence-corrected chi connectivity index (χ1v) is 9.54. The Bertz CT molecular complexity index is 874. The van der Waals surface area contributed by atoms with Crippen LogP contribution in [0.2, 0.25) is 0 Å². The van der Waals surface area contributed by atoms with E-state index >= 15 is 0 Å². The third-order valence-corrected chi connectivity index (χ3v) is 5.72. The fourth-order valence-corrected chi connectivity index (χ4v) is 4.73. The minimum Gasteiger partial charge on any atom is -0.354 e. The second-order valence-corrected chi connectivity index (χ2v) is 8.10. The molecule has 1 amide bonds. The number of benzene rings is 1. The lowest BCUT2D eigenvalue weighted by molar-refractivity contribution is -0.122. The summed E-state index contributed by atoms with van der Waals surface area (Å²) >= 11 is 0. The number of carbonyl (C=O) groups is 1. The maximum absolute atomic E-state index is 13.7. The summed E-state index contributed by atoms with van der Waals surface area (Å²) in [5, 5.41) is 3.89. The fourth-order valence-electron chi connectivity index (χ4n) is 4.73. The highest BCUT2D eigenvalue weighted by Gasteiger charge is 2.38. The summed E-state index contributed by atoms with van der Waals surface area (Å²) in [7, 11) is 0. The number of aromatic nitrogens is 1. The Morgan fingerprint density at radius 2 is 2.15 bits per heavy atom. The van der Waals surface area contributed by atoms with Crippen LogP contribution in [0.3, 0.4) is 0 Å².